The Bertz CT molecular complexity index is 312. The molecule has 0 radical (unpaired) electrons. The van der Waals surface area contributed by atoms with Gasteiger partial charge in [0, 0.05) is 18.0 Å². The molecule has 0 aliphatic carbocycles. The molecular formula is C10H13NO2. The second-order valence-electron chi connectivity index (χ2n) is 3.27. The predicted molar refractivity (Wildman–Crippen MR) is 49.4 cm³/mol. The minimum absolute atomic E-state index is 0.0475. The van der Waals surface area contributed by atoms with E-state index in [1.54, 1.807) is 0 Å². The van der Waals surface area contributed by atoms with Gasteiger partial charge in [0.1, 0.15) is 5.75 Å². The highest BCUT2D eigenvalue weighted by Gasteiger charge is 2.17. The summed E-state index contributed by atoms with van der Waals surface area (Å²) in [6.45, 7) is 0.717. The molecule has 1 aromatic carbocycles. The Hall–Kier alpha value is -1.06. The van der Waals surface area contributed by atoms with Crippen LogP contribution < -0.4 is 10.5 Å². The van der Waals surface area contributed by atoms with Crippen molar-refractivity contribution in [2.75, 3.05) is 6.61 Å². The average Bonchev–Trinajstić information content (AvgIpc) is 2.18. The molecule has 13 heavy (non-hydrogen) atoms. The van der Waals surface area contributed by atoms with Crippen LogP contribution in [0.1, 0.15) is 23.6 Å². The van der Waals surface area contributed by atoms with Gasteiger partial charge in [0.2, 0.25) is 0 Å². The number of hydrogen-bond donors (Lipinski definition) is 2. The quantitative estimate of drug-likeness (QED) is 0.675. The van der Waals surface area contributed by atoms with Gasteiger partial charge < -0.3 is 15.6 Å². The molecule has 0 amide bonds. The molecule has 2 rings (SSSR count). The molecule has 1 aliphatic rings. The SMILES string of the molecule is N[C@H]1CCOc2cc(CO)ccc21. The van der Waals surface area contributed by atoms with E-state index in [9.17, 15) is 0 Å². The van der Waals surface area contributed by atoms with Crippen LogP contribution in [0.3, 0.4) is 0 Å². The lowest BCUT2D eigenvalue weighted by molar-refractivity contribution is 0.262. The van der Waals surface area contributed by atoms with Crippen molar-refractivity contribution in [1.29, 1.82) is 0 Å². The summed E-state index contributed by atoms with van der Waals surface area (Å²) in [6, 6.07) is 5.75. The van der Waals surface area contributed by atoms with E-state index in [1.807, 2.05) is 18.2 Å². The Balaban J connectivity index is 2.39. The third kappa shape index (κ3) is 1.53. The van der Waals surface area contributed by atoms with Gasteiger partial charge in [-0.25, -0.2) is 0 Å². The summed E-state index contributed by atoms with van der Waals surface area (Å²) in [5.41, 5.74) is 7.81. The number of fused-ring (bicyclic) bond motifs is 1. The highest BCUT2D eigenvalue weighted by molar-refractivity contribution is 5.40. The molecule has 0 aromatic heterocycles. The molecule has 70 valence electrons. The molecule has 0 saturated heterocycles. The predicted octanol–water partition coefficient (Wildman–Crippen LogP) is 0.961. The van der Waals surface area contributed by atoms with E-state index in [1.165, 1.54) is 0 Å². The average molecular weight is 179 g/mol. The Kier molecular flexibility index (Phi) is 2.20. The summed E-state index contributed by atoms with van der Waals surface area (Å²) in [7, 11) is 0. The lowest BCUT2D eigenvalue weighted by atomic mass is 10.00. The van der Waals surface area contributed by atoms with Crippen LogP contribution in [0.15, 0.2) is 18.2 Å². The highest BCUT2D eigenvalue weighted by atomic mass is 16.5. The van der Waals surface area contributed by atoms with Crippen molar-refractivity contribution in [2.45, 2.75) is 19.1 Å². The number of benzene rings is 1. The lowest BCUT2D eigenvalue weighted by Crippen LogP contribution is -2.20. The number of hydrogen-bond acceptors (Lipinski definition) is 3. The Morgan fingerprint density at radius 2 is 2.38 bits per heavy atom. The van der Waals surface area contributed by atoms with Gasteiger partial charge in [0.05, 0.1) is 13.2 Å². The smallest absolute Gasteiger partial charge is 0.124 e. The number of aliphatic hydroxyl groups is 1. The van der Waals surface area contributed by atoms with Gasteiger partial charge in [-0.05, 0) is 11.6 Å². The molecule has 3 N–H and O–H groups in total. The van der Waals surface area contributed by atoms with Crippen LogP contribution in [0.5, 0.6) is 5.75 Å². The van der Waals surface area contributed by atoms with Crippen LogP contribution in [0.2, 0.25) is 0 Å². The number of aliphatic hydroxyl groups excluding tert-OH is 1. The standard InChI is InChI=1S/C10H13NO2/c11-9-3-4-13-10-5-7(6-12)1-2-8(9)10/h1-2,5,9,12H,3-4,6,11H2/t9-/m0/s1. The van der Waals surface area contributed by atoms with Crippen molar-refractivity contribution in [3.05, 3.63) is 29.3 Å². The lowest BCUT2D eigenvalue weighted by Gasteiger charge is -2.23. The maximum absolute atomic E-state index is 8.92. The zero-order valence-corrected chi connectivity index (χ0v) is 7.36. The second-order valence-corrected chi connectivity index (χ2v) is 3.27. The van der Waals surface area contributed by atoms with Crippen LogP contribution in [0, 0.1) is 0 Å². The molecule has 3 heteroatoms. The minimum Gasteiger partial charge on any atom is -0.493 e. The first-order valence-corrected chi connectivity index (χ1v) is 4.43. The van der Waals surface area contributed by atoms with Gasteiger partial charge in [0.25, 0.3) is 0 Å². The van der Waals surface area contributed by atoms with E-state index in [4.69, 9.17) is 15.6 Å². The Labute approximate surface area is 77.1 Å². The summed E-state index contributed by atoms with van der Waals surface area (Å²) >= 11 is 0. The molecule has 3 nitrogen and oxygen atoms in total. The summed E-state index contributed by atoms with van der Waals surface area (Å²) in [5, 5.41) is 8.92. The second kappa shape index (κ2) is 3.36. The molecule has 0 unspecified atom stereocenters. The third-order valence-electron chi connectivity index (χ3n) is 2.35. The maximum Gasteiger partial charge on any atom is 0.124 e. The first-order chi connectivity index (χ1) is 6.31. The number of ether oxygens (including phenoxy) is 1. The van der Waals surface area contributed by atoms with Crippen molar-refractivity contribution >= 4 is 0 Å². The van der Waals surface area contributed by atoms with E-state index >= 15 is 0 Å². The van der Waals surface area contributed by atoms with Crippen LogP contribution in [-0.4, -0.2) is 11.7 Å². The van der Waals surface area contributed by atoms with Gasteiger partial charge in [-0.3, -0.25) is 0 Å². The molecule has 1 aliphatic heterocycles. The summed E-state index contributed by atoms with van der Waals surface area (Å²) in [4.78, 5) is 0. The summed E-state index contributed by atoms with van der Waals surface area (Å²) in [6.07, 6.45) is 0.867. The number of rotatable bonds is 1. The van der Waals surface area contributed by atoms with Gasteiger partial charge in [-0.2, -0.15) is 0 Å². The summed E-state index contributed by atoms with van der Waals surface area (Å²) in [5.74, 6) is 0.824. The van der Waals surface area contributed by atoms with E-state index in [-0.39, 0.29) is 12.6 Å². The van der Waals surface area contributed by atoms with Gasteiger partial charge in [-0.1, -0.05) is 12.1 Å². The molecule has 1 aromatic rings. The fourth-order valence-corrected chi connectivity index (χ4v) is 1.56. The molecule has 0 spiro atoms. The van der Waals surface area contributed by atoms with Gasteiger partial charge in [0.15, 0.2) is 0 Å². The Morgan fingerprint density at radius 1 is 1.54 bits per heavy atom. The minimum atomic E-state index is 0.0475. The van der Waals surface area contributed by atoms with Crippen molar-refractivity contribution < 1.29 is 9.84 Å². The van der Waals surface area contributed by atoms with Crippen molar-refractivity contribution in [1.82, 2.24) is 0 Å². The van der Waals surface area contributed by atoms with Crippen LogP contribution in [0.4, 0.5) is 0 Å². The monoisotopic (exact) mass is 179 g/mol. The van der Waals surface area contributed by atoms with Crippen molar-refractivity contribution in [3.8, 4) is 5.75 Å². The molecular weight excluding hydrogens is 166 g/mol. The van der Waals surface area contributed by atoms with Gasteiger partial charge >= 0.3 is 0 Å². The third-order valence-corrected chi connectivity index (χ3v) is 2.35. The van der Waals surface area contributed by atoms with E-state index in [2.05, 4.69) is 0 Å². The van der Waals surface area contributed by atoms with E-state index < -0.39 is 0 Å². The molecule has 0 saturated carbocycles. The van der Waals surface area contributed by atoms with Crippen LogP contribution in [-0.2, 0) is 6.61 Å². The summed E-state index contributed by atoms with van der Waals surface area (Å²) < 4.78 is 5.45. The van der Waals surface area contributed by atoms with Crippen molar-refractivity contribution in [3.63, 3.8) is 0 Å². The van der Waals surface area contributed by atoms with Crippen LogP contribution >= 0.6 is 0 Å². The van der Waals surface area contributed by atoms with E-state index in [0.29, 0.717) is 6.61 Å². The Morgan fingerprint density at radius 3 is 3.15 bits per heavy atom. The van der Waals surface area contributed by atoms with E-state index in [0.717, 1.165) is 23.3 Å². The maximum atomic E-state index is 8.92. The van der Waals surface area contributed by atoms with Crippen LogP contribution in [0.25, 0.3) is 0 Å². The fourth-order valence-electron chi connectivity index (χ4n) is 1.56. The normalized spacial score (nSPS) is 20.6. The first-order valence-electron chi connectivity index (χ1n) is 4.43. The molecule has 1 atom stereocenters. The van der Waals surface area contributed by atoms with Crippen molar-refractivity contribution in [2.24, 2.45) is 5.73 Å². The fraction of sp³-hybridized carbons (Fsp3) is 0.400. The molecule has 1 heterocycles. The molecule has 0 bridgehead atoms. The number of nitrogens with two attached hydrogens (primary N) is 1. The first kappa shape index (κ1) is 8.53. The van der Waals surface area contributed by atoms with Gasteiger partial charge in [-0.15, -0.1) is 0 Å². The zero-order chi connectivity index (χ0) is 9.26. The zero-order valence-electron chi connectivity index (χ0n) is 7.36. The topological polar surface area (TPSA) is 55.5 Å². The highest BCUT2D eigenvalue weighted by Crippen LogP contribution is 2.31. The largest absolute Gasteiger partial charge is 0.493 e. The molecule has 0 fully saturated rings.